The van der Waals surface area contributed by atoms with E-state index in [-0.39, 0.29) is 6.04 Å². The minimum absolute atomic E-state index is 0.275. The van der Waals surface area contributed by atoms with Crippen molar-refractivity contribution in [3.63, 3.8) is 0 Å². The van der Waals surface area contributed by atoms with Gasteiger partial charge in [-0.2, -0.15) is 4.98 Å². The van der Waals surface area contributed by atoms with E-state index < -0.39 is 0 Å². The van der Waals surface area contributed by atoms with Crippen molar-refractivity contribution >= 4 is 0 Å². The van der Waals surface area contributed by atoms with Gasteiger partial charge in [0.15, 0.2) is 5.82 Å². The molecule has 0 aliphatic heterocycles. The molecule has 0 saturated heterocycles. The van der Waals surface area contributed by atoms with Gasteiger partial charge in [0.1, 0.15) is 5.75 Å². The summed E-state index contributed by atoms with van der Waals surface area (Å²) in [6, 6.07) is 10.0. The number of ether oxygens (including phenoxy) is 1. The Morgan fingerprint density at radius 1 is 1.25 bits per heavy atom. The first-order chi connectivity index (χ1) is 9.81. The van der Waals surface area contributed by atoms with Crippen LogP contribution in [-0.2, 0) is 6.42 Å². The Morgan fingerprint density at radius 2 is 2.10 bits per heavy atom. The lowest BCUT2D eigenvalue weighted by Gasteiger charge is -2.03. The maximum atomic E-state index is 5.90. The zero-order chi connectivity index (χ0) is 13.8. The Balaban J connectivity index is 1.50. The van der Waals surface area contributed by atoms with Crippen LogP contribution in [0.15, 0.2) is 34.9 Å². The van der Waals surface area contributed by atoms with Crippen molar-refractivity contribution in [2.45, 2.75) is 37.6 Å². The summed E-state index contributed by atoms with van der Waals surface area (Å²) < 4.78 is 10.9. The highest BCUT2D eigenvalue weighted by molar-refractivity contribution is 5.20. The van der Waals surface area contributed by atoms with E-state index in [2.05, 4.69) is 10.1 Å². The maximum Gasteiger partial charge on any atom is 0.229 e. The first kappa shape index (κ1) is 13.1. The zero-order valence-corrected chi connectivity index (χ0v) is 11.4. The SMILES string of the molecule is N[C@H]1CC[C@@H](c2nc(CCOc3ccccc3)no2)C1. The lowest BCUT2D eigenvalue weighted by atomic mass is 10.1. The topological polar surface area (TPSA) is 74.2 Å². The standard InChI is InChI=1S/C15H19N3O2/c16-12-7-6-11(10-12)15-17-14(18-20-15)8-9-19-13-4-2-1-3-5-13/h1-5,11-12H,6-10,16H2/t11-,12+/m1/s1. The van der Waals surface area contributed by atoms with Gasteiger partial charge in [-0.3, -0.25) is 0 Å². The van der Waals surface area contributed by atoms with Gasteiger partial charge in [0.05, 0.1) is 6.61 Å². The quantitative estimate of drug-likeness (QED) is 0.904. The number of rotatable bonds is 5. The highest BCUT2D eigenvalue weighted by Gasteiger charge is 2.27. The average molecular weight is 273 g/mol. The van der Waals surface area contributed by atoms with E-state index in [4.69, 9.17) is 15.0 Å². The van der Waals surface area contributed by atoms with E-state index in [0.717, 1.165) is 30.9 Å². The van der Waals surface area contributed by atoms with Crippen molar-refractivity contribution in [1.29, 1.82) is 0 Å². The molecule has 5 heteroatoms. The molecule has 5 nitrogen and oxygen atoms in total. The highest BCUT2D eigenvalue weighted by atomic mass is 16.5. The number of hydrogen-bond donors (Lipinski definition) is 1. The molecule has 0 radical (unpaired) electrons. The van der Waals surface area contributed by atoms with Crippen molar-refractivity contribution in [2.24, 2.45) is 5.73 Å². The molecular weight excluding hydrogens is 254 g/mol. The molecule has 1 aromatic carbocycles. The molecular formula is C15H19N3O2. The zero-order valence-electron chi connectivity index (χ0n) is 11.4. The summed E-state index contributed by atoms with van der Waals surface area (Å²) in [5.41, 5.74) is 5.90. The van der Waals surface area contributed by atoms with Crippen LogP contribution in [0.1, 0.15) is 36.9 Å². The Labute approximate surface area is 118 Å². The minimum atomic E-state index is 0.275. The molecule has 106 valence electrons. The van der Waals surface area contributed by atoms with Crippen LogP contribution in [0.25, 0.3) is 0 Å². The molecule has 20 heavy (non-hydrogen) atoms. The molecule has 0 bridgehead atoms. The van der Waals surface area contributed by atoms with Crippen LogP contribution in [0.5, 0.6) is 5.75 Å². The van der Waals surface area contributed by atoms with Crippen molar-refractivity contribution in [2.75, 3.05) is 6.61 Å². The monoisotopic (exact) mass is 273 g/mol. The first-order valence-corrected chi connectivity index (χ1v) is 7.07. The van der Waals surface area contributed by atoms with Crippen LogP contribution in [-0.4, -0.2) is 22.8 Å². The number of benzene rings is 1. The van der Waals surface area contributed by atoms with Gasteiger partial charge < -0.3 is 15.0 Å². The van der Waals surface area contributed by atoms with Crippen LogP contribution < -0.4 is 10.5 Å². The molecule has 1 aromatic heterocycles. The number of para-hydroxylation sites is 1. The summed E-state index contributed by atoms with van der Waals surface area (Å²) in [5.74, 6) is 2.63. The fourth-order valence-electron chi connectivity index (χ4n) is 2.55. The summed E-state index contributed by atoms with van der Waals surface area (Å²) in [7, 11) is 0. The predicted octanol–water partition coefficient (Wildman–Crippen LogP) is 2.29. The summed E-state index contributed by atoms with van der Waals surface area (Å²) in [4.78, 5) is 4.44. The molecule has 1 saturated carbocycles. The molecule has 2 atom stereocenters. The third-order valence-corrected chi connectivity index (χ3v) is 3.64. The summed E-state index contributed by atoms with van der Waals surface area (Å²) in [6.07, 6.45) is 3.68. The molecule has 0 unspecified atom stereocenters. The van der Waals surface area contributed by atoms with E-state index in [1.54, 1.807) is 0 Å². The van der Waals surface area contributed by atoms with Gasteiger partial charge >= 0.3 is 0 Å². The molecule has 1 heterocycles. The predicted molar refractivity (Wildman–Crippen MR) is 74.5 cm³/mol. The number of nitrogens with zero attached hydrogens (tertiary/aromatic N) is 2. The second-order valence-electron chi connectivity index (χ2n) is 5.23. The van der Waals surface area contributed by atoms with Crippen LogP contribution in [0.2, 0.25) is 0 Å². The second kappa shape index (κ2) is 6.05. The van der Waals surface area contributed by atoms with Crippen LogP contribution in [0, 0.1) is 0 Å². The average Bonchev–Trinajstić information content (AvgIpc) is 3.09. The van der Waals surface area contributed by atoms with Crippen molar-refractivity contribution in [3.8, 4) is 5.75 Å². The summed E-state index contributed by atoms with van der Waals surface area (Å²) in [6.45, 7) is 0.549. The normalized spacial score (nSPS) is 22.1. The molecule has 3 rings (SSSR count). The van der Waals surface area contributed by atoms with E-state index >= 15 is 0 Å². The van der Waals surface area contributed by atoms with E-state index in [0.29, 0.717) is 24.8 Å². The highest BCUT2D eigenvalue weighted by Crippen LogP contribution is 2.32. The first-order valence-electron chi connectivity index (χ1n) is 7.07. The summed E-state index contributed by atoms with van der Waals surface area (Å²) >= 11 is 0. The third kappa shape index (κ3) is 3.17. The lowest BCUT2D eigenvalue weighted by molar-refractivity contribution is 0.312. The van der Waals surface area contributed by atoms with Gasteiger partial charge in [0, 0.05) is 18.4 Å². The smallest absolute Gasteiger partial charge is 0.229 e. The largest absolute Gasteiger partial charge is 0.493 e. The summed E-state index contributed by atoms with van der Waals surface area (Å²) in [5, 5.41) is 4.01. The molecule has 1 aliphatic rings. The van der Waals surface area contributed by atoms with Gasteiger partial charge in [-0.15, -0.1) is 0 Å². The second-order valence-corrected chi connectivity index (χ2v) is 5.23. The van der Waals surface area contributed by atoms with Gasteiger partial charge in [-0.05, 0) is 31.4 Å². The third-order valence-electron chi connectivity index (χ3n) is 3.64. The van der Waals surface area contributed by atoms with Gasteiger partial charge in [-0.1, -0.05) is 23.4 Å². The maximum absolute atomic E-state index is 5.90. The van der Waals surface area contributed by atoms with E-state index in [9.17, 15) is 0 Å². The van der Waals surface area contributed by atoms with E-state index in [1.807, 2.05) is 30.3 Å². The fourth-order valence-corrected chi connectivity index (χ4v) is 2.55. The van der Waals surface area contributed by atoms with Gasteiger partial charge in [-0.25, -0.2) is 0 Å². The Morgan fingerprint density at radius 3 is 2.85 bits per heavy atom. The molecule has 1 fully saturated rings. The van der Waals surface area contributed by atoms with Crippen molar-refractivity contribution in [3.05, 3.63) is 42.0 Å². The minimum Gasteiger partial charge on any atom is -0.493 e. The Bertz CT molecular complexity index is 541. The molecule has 0 amide bonds. The molecule has 2 aromatic rings. The Hall–Kier alpha value is -1.88. The fraction of sp³-hybridized carbons (Fsp3) is 0.467. The van der Waals surface area contributed by atoms with Crippen molar-refractivity contribution in [1.82, 2.24) is 10.1 Å². The van der Waals surface area contributed by atoms with Crippen LogP contribution >= 0.6 is 0 Å². The number of nitrogens with two attached hydrogens (primary N) is 1. The van der Waals surface area contributed by atoms with E-state index in [1.165, 1.54) is 0 Å². The molecule has 1 aliphatic carbocycles. The molecule has 0 spiro atoms. The van der Waals surface area contributed by atoms with Gasteiger partial charge in [0.25, 0.3) is 0 Å². The molecule has 2 N–H and O–H groups in total. The number of aromatic nitrogens is 2. The van der Waals surface area contributed by atoms with Crippen molar-refractivity contribution < 1.29 is 9.26 Å². The Kier molecular flexibility index (Phi) is 3.97. The van der Waals surface area contributed by atoms with Crippen LogP contribution in [0.3, 0.4) is 0 Å². The van der Waals surface area contributed by atoms with Gasteiger partial charge in [0.2, 0.25) is 5.89 Å². The van der Waals surface area contributed by atoms with Crippen LogP contribution in [0.4, 0.5) is 0 Å². The lowest BCUT2D eigenvalue weighted by Crippen LogP contribution is -2.14. The number of hydrogen-bond acceptors (Lipinski definition) is 5.